The fourth-order valence-electron chi connectivity index (χ4n) is 3.14. The molecular weight excluding hydrogens is 242 g/mol. The molecule has 2 fully saturated rings. The van der Waals surface area contributed by atoms with Crippen LogP contribution in [0.1, 0.15) is 25.7 Å². The maximum absolute atomic E-state index is 8.55. The van der Waals surface area contributed by atoms with Crippen LogP contribution < -0.4 is 4.90 Å². The molecule has 0 radical (unpaired) electrons. The summed E-state index contributed by atoms with van der Waals surface area (Å²) in [6, 6.07) is 10.0. The first-order valence-electron chi connectivity index (χ1n) is 6.39. The summed E-state index contributed by atoms with van der Waals surface area (Å²) < 4.78 is 0. The second-order valence-electron chi connectivity index (χ2n) is 5.10. The highest BCUT2D eigenvalue weighted by Gasteiger charge is 2.52. The molecule has 1 saturated heterocycles. The molecule has 0 bridgehead atoms. The molecule has 2 aliphatic rings. The predicted molar refractivity (Wildman–Crippen MR) is 78.2 cm³/mol. The molecule has 1 aliphatic heterocycles. The average molecular weight is 259 g/mol. The van der Waals surface area contributed by atoms with Gasteiger partial charge in [0.1, 0.15) is 5.84 Å². The van der Waals surface area contributed by atoms with Gasteiger partial charge in [0.2, 0.25) is 0 Å². The third-order valence-corrected chi connectivity index (χ3v) is 4.69. The normalized spacial score (nSPS) is 22.3. The Labute approximate surface area is 113 Å². The van der Waals surface area contributed by atoms with Crippen molar-refractivity contribution in [1.29, 1.82) is 5.41 Å². The highest BCUT2D eigenvalue weighted by atomic mass is 32.1. The molecule has 3 rings (SSSR count). The lowest BCUT2D eigenvalue weighted by Gasteiger charge is -2.30. The first-order chi connectivity index (χ1) is 8.67. The molecule has 0 amide bonds. The summed E-state index contributed by atoms with van der Waals surface area (Å²) in [6.45, 7) is 0. The summed E-state index contributed by atoms with van der Waals surface area (Å²) in [5.74, 6) is 0.652. The number of amidine groups is 1. The molecule has 1 spiro atoms. The molecule has 1 heterocycles. The van der Waals surface area contributed by atoms with E-state index in [4.69, 9.17) is 17.6 Å². The van der Waals surface area contributed by atoms with Crippen molar-refractivity contribution < 1.29 is 0 Å². The second-order valence-corrected chi connectivity index (χ2v) is 5.46. The number of nitrogens with zero attached hydrogens (tertiary/aromatic N) is 2. The fourth-order valence-corrected chi connectivity index (χ4v) is 3.52. The number of benzene rings is 1. The maximum atomic E-state index is 8.55. The van der Waals surface area contributed by atoms with Gasteiger partial charge in [0.15, 0.2) is 5.11 Å². The van der Waals surface area contributed by atoms with Crippen LogP contribution in [0, 0.1) is 5.41 Å². The third-order valence-electron chi connectivity index (χ3n) is 4.23. The summed E-state index contributed by atoms with van der Waals surface area (Å²) in [7, 11) is 2.03. The van der Waals surface area contributed by atoms with Crippen molar-refractivity contribution in [2.75, 3.05) is 11.9 Å². The Hall–Kier alpha value is -1.42. The fraction of sp³-hybridized carbons (Fsp3) is 0.429. The van der Waals surface area contributed by atoms with Crippen molar-refractivity contribution in [3.63, 3.8) is 0 Å². The van der Waals surface area contributed by atoms with E-state index in [0.29, 0.717) is 5.84 Å². The first-order valence-corrected chi connectivity index (χ1v) is 6.80. The summed E-state index contributed by atoms with van der Waals surface area (Å²) in [5.41, 5.74) is 0.857. The number of hydrogen-bond donors (Lipinski definition) is 1. The Balaban J connectivity index is 2.03. The van der Waals surface area contributed by atoms with Crippen molar-refractivity contribution in [2.24, 2.45) is 0 Å². The smallest absolute Gasteiger partial charge is 0.182 e. The van der Waals surface area contributed by atoms with Crippen LogP contribution >= 0.6 is 12.2 Å². The molecule has 0 unspecified atom stereocenters. The van der Waals surface area contributed by atoms with Crippen LogP contribution in [0.3, 0.4) is 0 Å². The van der Waals surface area contributed by atoms with E-state index in [-0.39, 0.29) is 5.54 Å². The Kier molecular flexibility index (Phi) is 2.63. The van der Waals surface area contributed by atoms with Gasteiger partial charge in [-0.25, -0.2) is 0 Å². The van der Waals surface area contributed by atoms with Crippen LogP contribution in [0.25, 0.3) is 0 Å². The van der Waals surface area contributed by atoms with Crippen molar-refractivity contribution in [1.82, 2.24) is 4.90 Å². The van der Waals surface area contributed by atoms with E-state index >= 15 is 0 Å². The van der Waals surface area contributed by atoms with Crippen LogP contribution in [0.2, 0.25) is 0 Å². The molecule has 0 aromatic heterocycles. The van der Waals surface area contributed by atoms with Crippen molar-refractivity contribution >= 4 is 28.9 Å². The number of hydrogen-bond acceptors (Lipinski definition) is 2. The maximum Gasteiger partial charge on any atom is 0.182 e. The van der Waals surface area contributed by atoms with Crippen LogP contribution in [-0.2, 0) is 0 Å². The first kappa shape index (κ1) is 11.7. The molecular formula is C14H17N3S. The van der Waals surface area contributed by atoms with E-state index < -0.39 is 0 Å². The van der Waals surface area contributed by atoms with E-state index in [1.54, 1.807) is 0 Å². The number of likely N-dealkylation sites (N-methyl/N-ethyl adjacent to an activating group) is 1. The predicted octanol–water partition coefficient (Wildman–Crippen LogP) is 3.01. The highest BCUT2D eigenvalue weighted by molar-refractivity contribution is 7.80. The molecule has 3 nitrogen and oxygen atoms in total. The SMILES string of the molecule is CN1C(=S)N(c2ccccc2)C(=N)C12CCCC2. The zero-order chi connectivity index (χ0) is 12.8. The second kappa shape index (κ2) is 4.05. The molecule has 0 atom stereocenters. The van der Waals surface area contributed by atoms with E-state index in [2.05, 4.69) is 4.90 Å². The van der Waals surface area contributed by atoms with E-state index in [9.17, 15) is 0 Å². The molecule has 94 valence electrons. The molecule has 1 aromatic carbocycles. The lowest BCUT2D eigenvalue weighted by atomic mass is 9.95. The number of para-hydroxylation sites is 1. The number of thiocarbonyl (C=S) groups is 1. The summed E-state index contributed by atoms with van der Waals surface area (Å²) in [5, 5.41) is 9.30. The van der Waals surface area contributed by atoms with Gasteiger partial charge in [0, 0.05) is 12.7 Å². The third kappa shape index (κ3) is 1.42. The van der Waals surface area contributed by atoms with Crippen LogP contribution in [0.4, 0.5) is 5.69 Å². The van der Waals surface area contributed by atoms with Gasteiger partial charge in [-0.3, -0.25) is 10.3 Å². The molecule has 4 heteroatoms. The molecule has 1 N–H and O–H groups in total. The van der Waals surface area contributed by atoms with Gasteiger partial charge in [0.25, 0.3) is 0 Å². The van der Waals surface area contributed by atoms with Gasteiger partial charge in [-0.2, -0.15) is 0 Å². The van der Waals surface area contributed by atoms with E-state index in [1.807, 2.05) is 42.3 Å². The van der Waals surface area contributed by atoms with Gasteiger partial charge in [-0.05, 0) is 37.2 Å². The zero-order valence-electron chi connectivity index (χ0n) is 10.5. The lowest BCUT2D eigenvalue weighted by Crippen LogP contribution is -2.44. The minimum absolute atomic E-state index is 0.146. The Morgan fingerprint density at radius 2 is 1.78 bits per heavy atom. The Morgan fingerprint density at radius 3 is 2.39 bits per heavy atom. The highest BCUT2D eigenvalue weighted by Crippen LogP contribution is 2.42. The Bertz CT molecular complexity index is 491. The van der Waals surface area contributed by atoms with Gasteiger partial charge in [-0.15, -0.1) is 0 Å². The Morgan fingerprint density at radius 1 is 1.17 bits per heavy atom. The van der Waals surface area contributed by atoms with Gasteiger partial charge in [-0.1, -0.05) is 31.0 Å². The minimum atomic E-state index is -0.146. The van der Waals surface area contributed by atoms with Crippen LogP contribution in [0.5, 0.6) is 0 Å². The van der Waals surface area contributed by atoms with E-state index in [1.165, 1.54) is 12.8 Å². The van der Waals surface area contributed by atoms with Crippen LogP contribution in [-0.4, -0.2) is 28.4 Å². The summed E-state index contributed by atoms with van der Waals surface area (Å²) in [6.07, 6.45) is 4.48. The monoisotopic (exact) mass is 259 g/mol. The standard InChI is InChI=1S/C14H17N3S/c1-16-13(18)17(11-7-3-2-4-8-11)12(15)14(16)9-5-6-10-14/h2-4,7-8,15H,5-6,9-10H2,1H3. The molecule has 1 saturated carbocycles. The average Bonchev–Trinajstić information content (AvgIpc) is 2.95. The topological polar surface area (TPSA) is 30.3 Å². The molecule has 1 aromatic rings. The van der Waals surface area contributed by atoms with Crippen molar-refractivity contribution in [2.45, 2.75) is 31.2 Å². The van der Waals surface area contributed by atoms with E-state index in [0.717, 1.165) is 23.6 Å². The number of anilines is 1. The quantitative estimate of drug-likeness (QED) is 0.786. The van der Waals surface area contributed by atoms with Gasteiger partial charge >= 0.3 is 0 Å². The van der Waals surface area contributed by atoms with Crippen LogP contribution in [0.15, 0.2) is 30.3 Å². The van der Waals surface area contributed by atoms with Gasteiger partial charge < -0.3 is 4.90 Å². The molecule has 1 aliphatic carbocycles. The van der Waals surface area contributed by atoms with Gasteiger partial charge in [0.05, 0.1) is 5.54 Å². The summed E-state index contributed by atoms with van der Waals surface area (Å²) >= 11 is 5.54. The summed E-state index contributed by atoms with van der Waals surface area (Å²) in [4.78, 5) is 4.05. The largest absolute Gasteiger partial charge is 0.339 e. The minimum Gasteiger partial charge on any atom is -0.339 e. The molecule has 18 heavy (non-hydrogen) atoms. The van der Waals surface area contributed by atoms with Crippen molar-refractivity contribution in [3.8, 4) is 0 Å². The zero-order valence-corrected chi connectivity index (χ0v) is 11.3. The van der Waals surface area contributed by atoms with Crippen molar-refractivity contribution in [3.05, 3.63) is 30.3 Å². The number of rotatable bonds is 1. The lowest BCUT2D eigenvalue weighted by molar-refractivity contribution is 0.318. The number of nitrogens with one attached hydrogen (secondary N) is 1.